The van der Waals surface area contributed by atoms with Gasteiger partial charge in [-0.15, -0.1) is 0 Å². The molecule has 10 nitrogen and oxygen atoms in total. The van der Waals surface area contributed by atoms with Crippen LogP contribution in [-0.4, -0.2) is 96.6 Å². The number of aromatic nitrogens is 2. The fraction of sp³-hybridized carbons (Fsp3) is 0.733. The predicted molar refractivity (Wildman–Crippen MR) is 84.3 cm³/mol. The number of aliphatic hydroxyl groups excluding tert-OH is 7. The van der Waals surface area contributed by atoms with E-state index in [1.54, 1.807) is 0 Å². The Kier molecular flexibility index (Phi) is 9.93. The topological polar surface area (TPSA) is 177 Å². The van der Waals surface area contributed by atoms with Crippen LogP contribution in [0, 0.1) is 0 Å². The number of aliphatic hydroxyl groups is 7. The Morgan fingerprint density at radius 2 is 1.64 bits per heavy atom. The molecule has 0 saturated carbocycles. The highest BCUT2D eigenvalue weighted by Crippen LogP contribution is 2.18. The zero-order valence-corrected chi connectivity index (χ0v) is 13.7. The average Bonchev–Trinajstić information content (AvgIpc) is 2.64. The Hall–Kier alpha value is -1.24. The Balaban J connectivity index is 2.66. The van der Waals surface area contributed by atoms with E-state index in [2.05, 4.69) is 9.97 Å². The van der Waals surface area contributed by atoms with Crippen molar-refractivity contribution in [1.29, 1.82) is 0 Å². The normalized spacial score (nSPS) is 17.7. The van der Waals surface area contributed by atoms with Crippen molar-refractivity contribution in [2.45, 2.75) is 43.4 Å². The lowest BCUT2D eigenvalue weighted by molar-refractivity contribution is -0.110. The Morgan fingerprint density at radius 1 is 0.920 bits per heavy atom. The van der Waals surface area contributed by atoms with E-state index >= 15 is 0 Å². The standard InChI is InChI=1S/C15H26N2O8/c18-2-1-3-25-13(8-20)15(24)14(23)10-6-16-9(5-17-10)4-11(21)12(22)7-19/h5-6,11-15,18-24H,1-4,7-8H2/t11-,12+,13-,14+,15+/m0/s1. The van der Waals surface area contributed by atoms with Gasteiger partial charge in [-0.1, -0.05) is 0 Å². The summed E-state index contributed by atoms with van der Waals surface area (Å²) in [7, 11) is 0. The summed E-state index contributed by atoms with van der Waals surface area (Å²) in [6, 6.07) is 0. The van der Waals surface area contributed by atoms with Crippen LogP contribution < -0.4 is 0 Å². The van der Waals surface area contributed by atoms with Crippen LogP contribution in [0.3, 0.4) is 0 Å². The molecule has 25 heavy (non-hydrogen) atoms. The second-order valence-corrected chi connectivity index (χ2v) is 5.56. The number of ether oxygens (including phenoxy) is 1. The molecule has 5 atom stereocenters. The molecule has 7 N–H and O–H groups in total. The molecular formula is C15H26N2O8. The highest BCUT2D eigenvalue weighted by molar-refractivity contribution is 5.08. The molecule has 0 radical (unpaired) electrons. The summed E-state index contributed by atoms with van der Waals surface area (Å²) < 4.78 is 5.20. The molecule has 0 amide bonds. The van der Waals surface area contributed by atoms with E-state index in [0.29, 0.717) is 12.1 Å². The van der Waals surface area contributed by atoms with Gasteiger partial charge < -0.3 is 40.5 Å². The van der Waals surface area contributed by atoms with Gasteiger partial charge >= 0.3 is 0 Å². The highest BCUT2D eigenvalue weighted by Gasteiger charge is 2.29. The van der Waals surface area contributed by atoms with Gasteiger partial charge in [0.25, 0.3) is 0 Å². The summed E-state index contributed by atoms with van der Waals surface area (Å²) in [5.74, 6) is 0. The molecule has 1 aromatic heterocycles. The van der Waals surface area contributed by atoms with E-state index in [0.717, 1.165) is 0 Å². The van der Waals surface area contributed by atoms with Crippen LogP contribution in [0.5, 0.6) is 0 Å². The summed E-state index contributed by atoms with van der Waals surface area (Å²) in [6.07, 6.45) is -3.72. The van der Waals surface area contributed by atoms with Gasteiger partial charge in [-0.3, -0.25) is 9.97 Å². The average molecular weight is 362 g/mol. The second kappa shape index (κ2) is 11.4. The van der Waals surface area contributed by atoms with Crippen molar-refractivity contribution in [2.75, 3.05) is 26.4 Å². The molecule has 0 aliphatic carbocycles. The molecule has 1 heterocycles. The highest BCUT2D eigenvalue weighted by atomic mass is 16.5. The van der Waals surface area contributed by atoms with Crippen LogP contribution in [0.25, 0.3) is 0 Å². The lowest BCUT2D eigenvalue weighted by Gasteiger charge is -2.25. The summed E-state index contributed by atoms with van der Waals surface area (Å²) >= 11 is 0. The zero-order valence-electron chi connectivity index (χ0n) is 13.7. The molecule has 1 aromatic rings. The van der Waals surface area contributed by atoms with Gasteiger partial charge in [0.15, 0.2) is 0 Å². The van der Waals surface area contributed by atoms with E-state index in [9.17, 15) is 25.5 Å². The fourth-order valence-corrected chi connectivity index (χ4v) is 2.03. The van der Waals surface area contributed by atoms with Crippen LogP contribution in [-0.2, 0) is 11.2 Å². The van der Waals surface area contributed by atoms with E-state index in [4.69, 9.17) is 14.9 Å². The van der Waals surface area contributed by atoms with Gasteiger partial charge in [-0.05, 0) is 6.42 Å². The van der Waals surface area contributed by atoms with E-state index in [1.165, 1.54) is 12.4 Å². The van der Waals surface area contributed by atoms with Gasteiger partial charge in [0, 0.05) is 25.8 Å². The first-order chi connectivity index (χ1) is 11.9. The van der Waals surface area contributed by atoms with Crippen LogP contribution >= 0.6 is 0 Å². The van der Waals surface area contributed by atoms with Gasteiger partial charge in [0.05, 0.1) is 36.9 Å². The second-order valence-electron chi connectivity index (χ2n) is 5.56. The monoisotopic (exact) mass is 362 g/mol. The zero-order chi connectivity index (χ0) is 18.8. The third-order valence-corrected chi connectivity index (χ3v) is 3.60. The summed E-state index contributed by atoms with van der Waals surface area (Å²) in [5, 5.41) is 65.8. The Bertz CT molecular complexity index is 475. The van der Waals surface area contributed by atoms with E-state index in [-0.39, 0.29) is 25.3 Å². The number of nitrogens with zero attached hydrogens (tertiary/aromatic N) is 2. The lowest BCUT2D eigenvalue weighted by Crippen LogP contribution is -2.38. The maximum Gasteiger partial charge on any atom is 0.126 e. The van der Waals surface area contributed by atoms with E-state index < -0.39 is 43.7 Å². The number of rotatable bonds is 12. The van der Waals surface area contributed by atoms with Gasteiger partial charge in [-0.25, -0.2) is 0 Å². The van der Waals surface area contributed by atoms with Crippen LogP contribution in [0.4, 0.5) is 0 Å². The minimum atomic E-state index is -1.46. The predicted octanol–water partition coefficient (Wildman–Crippen LogP) is -3.11. The molecule has 0 aromatic carbocycles. The van der Waals surface area contributed by atoms with Crippen molar-refractivity contribution in [2.24, 2.45) is 0 Å². The fourth-order valence-electron chi connectivity index (χ4n) is 2.03. The molecular weight excluding hydrogens is 336 g/mol. The van der Waals surface area contributed by atoms with Crippen molar-refractivity contribution < 1.29 is 40.5 Å². The van der Waals surface area contributed by atoms with Gasteiger partial charge in [0.1, 0.15) is 24.4 Å². The first-order valence-corrected chi connectivity index (χ1v) is 7.91. The van der Waals surface area contributed by atoms with Gasteiger partial charge in [0.2, 0.25) is 0 Å². The molecule has 0 fully saturated rings. The molecule has 0 aliphatic rings. The van der Waals surface area contributed by atoms with Crippen LogP contribution in [0.15, 0.2) is 12.4 Å². The molecule has 0 unspecified atom stereocenters. The summed E-state index contributed by atoms with van der Waals surface area (Å²) in [6.45, 7) is -1.10. The maximum atomic E-state index is 10.1. The smallest absolute Gasteiger partial charge is 0.126 e. The van der Waals surface area contributed by atoms with Crippen LogP contribution in [0.1, 0.15) is 23.9 Å². The number of hydrogen-bond donors (Lipinski definition) is 7. The number of hydrogen-bond acceptors (Lipinski definition) is 10. The van der Waals surface area contributed by atoms with Crippen molar-refractivity contribution in [3.8, 4) is 0 Å². The van der Waals surface area contributed by atoms with Crippen molar-refractivity contribution in [3.63, 3.8) is 0 Å². The van der Waals surface area contributed by atoms with E-state index in [1.807, 2.05) is 0 Å². The Labute approximate surface area is 145 Å². The first-order valence-electron chi connectivity index (χ1n) is 7.91. The lowest BCUT2D eigenvalue weighted by atomic mass is 10.1. The molecule has 0 spiro atoms. The van der Waals surface area contributed by atoms with Crippen molar-refractivity contribution in [1.82, 2.24) is 9.97 Å². The molecule has 0 aliphatic heterocycles. The summed E-state index contributed by atoms with van der Waals surface area (Å²) in [5.41, 5.74) is 0.362. The third-order valence-electron chi connectivity index (χ3n) is 3.60. The molecule has 10 heteroatoms. The van der Waals surface area contributed by atoms with Crippen molar-refractivity contribution in [3.05, 3.63) is 23.8 Å². The SMILES string of the molecule is OCCCO[C@@H](CO)[C@@H](O)[C@H](O)c1cnc(C[C@H](O)[C@H](O)CO)cn1. The van der Waals surface area contributed by atoms with Crippen molar-refractivity contribution >= 4 is 0 Å². The molecule has 144 valence electrons. The summed E-state index contributed by atoms with van der Waals surface area (Å²) in [4.78, 5) is 7.92. The van der Waals surface area contributed by atoms with Gasteiger partial charge in [-0.2, -0.15) is 0 Å². The molecule has 0 bridgehead atoms. The molecule has 1 rings (SSSR count). The first kappa shape index (κ1) is 21.8. The molecule has 0 saturated heterocycles. The minimum Gasteiger partial charge on any atom is -0.396 e. The Morgan fingerprint density at radius 3 is 2.16 bits per heavy atom. The maximum absolute atomic E-state index is 10.1. The minimum absolute atomic E-state index is 0.0395. The van der Waals surface area contributed by atoms with Crippen LogP contribution in [0.2, 0.25) is 0 Å². The quantitative estimate of drug-likeness (QED) is 0.188. The third kappa shape index (κ3) is 6.88. The largest absolute Gasteiger partial charge is 0.396 e.